The van der Waals surface area contributed by atoms with Crippen LogP contribution in [0.4, 0.5) is 0 Å². The molecular formula is C28H26O4. The molecule has 0 aliphatic heterocycles. The molecule has 162 valence electrons. The van der Waals surface area contributed by atoms with E-state index in [1.54, 1.807) is 0 Å². The summed E-state index contributed by atoms with van der Waals surface area (Å²) in [5.74, 6) is -0.893. The Balaban J connectivity index is 1.65. The highest BCUT2D eigenvalue weighted by Gasteiger charge is 2.53. The molecule has 0 saturated carbocycles. The van der Waals surface area contributed by atoms with Crippen LogP contribution in [0, 0.1) is 5.41 Å². The zero-order valence-electron chi connectivity index (χ0n) is 18.6. The van der Waals surface area contributed by atoms with E-state index in [1.807, 2.05) is 0 Å². The number of carbonyl (C=O) groups excluding carboxylic acids is 2. The monoisotopic (exact) mass is 426 g/mol. The lowest BCUT2D eigenvalue weighted by Gasteiger charge is -2.32. The summed E-state index contributed by atoms with van der Waals surface area (Å²) in [6.45, 7) is 2.08. The van der Waals surface area contributed by atoms with Gasteiger partial charge in [-0.1, -0.05) is 71.8 Å². The van der Waals surface area contributed by atoms with Crippen molar-refractivity contribution in [3.8, 4) is 11.1 Å². The normalized spacial score (nSPS) is 23.7. The third-order valence-electron chi connectivity index (χ3n) is 7.09. The van der Waals surface area contributed by atoms with E-state index in [9.17, 15) is 9.59 Å². The summed E-state index contributed by atoms with van der Waals surface area (Å²) in [7, 11) is 2.66. The van der Waals surface area contributed by atoms with Gasteiger partial charge in [-0.2, -0.15) is 0 Å². The summed E-state index contributed by atoms with van der Waals surface area (Å²) < 4.78 is 10.1. The second-order valence-electron chi connectivity index (χ2n) is 8.93. The molecule has 0 fully saturated rings. The summed E-state index contributed by atoms with van der Waals surface area (Å²) in [4.78, 5) is 25.6. The molecule has 0 radical (unpaired) electrons. The van der Waals surface area contributed by atoms with E-state index in [0.29, 0.717) is 12.8 Å². The Kier molecular flexibility index (Phi) is 4.89. The standard InChI is InChI=1S/C28H26O4/c1-17-12-18-15-28(26(29)31-2,27(30)32-3)16-19(18)14-25-23-11-7-5-9-21(23)20-8-4-6-10-22(20)24(25)13-17/h4-13,25H,14-16H2,1-3H3/b17-12-,24-13-. The quantitative estimate of drug-likeness (QED) is 0.463. The van der Waals surface area contributed by atoms with Crippen LogP contribution in [0.3, 0.4) is 0 Å². The molecule has 0 saturated heterocycles. The van der Waals surface area contributed by atoms with E-state index in [2.05, 4.69) is 67.6 Å². The highest BCUT2D eigenvalue weighted by Crippen LogP contribution is 2.54. The van der Waals surface area contributed by atoms with Crippen molar-refractivity contribution >= 4 is 17.5 Å². The van der Waals surface area contributed by atoms with Crippen molar-refractivity contribution < 1.29 is 19.1 Å². The molecule has 0 aromatic heterocycles. The van der Waals surface area contributed by atoms with Gasteiger partial charge in [0.05, 0.1) is 14.2 Å². The molecule has 32 heavy (non-hydrogen) atoms. The fraction of sp³-hybridized carbons (Fsp3) is 0.286. The third kappa shape index (κ3) is 2.97. The van der Waals surface area contributed by atoms with Gasteiger partial charge in [-0.15, -0.1) is 0 Å². The number of hydrogen-bond acceptors (Lipinski definition) is 4. The van der Waals surface area contributed by atoms with E-state index >= 15 is 0 Å². The van der Waals surface area contributed by atoms with Crippen molar-refractivity contribution in [1.82, 2.24) is 0 Å². The van der Waals surface area contributed by atoms with Crippen LogP contribution in [-0.2, 0) is 19.1 Å². The average molecular weight is 427 g/mol. The highest BCUT2D eigenvalue weighted by molar-refractivity contribution is 6.02. The summed E-state index contributed by atoms with van der Waals surface area (Å²) in [5.41, 5.74) is 8.30. The van der Waals surface area contributed by atoms with Crippen molar-refractivity contribution in [2.45, 2.75) is 32.1 Å². The topological polar surface area (TPSA) is 52.6 Å². The molecule has 0 N–H and O–H groups in total. The summed E-state index contributed by atoms with van der Waals surface area (Å²) >= 11 is 0. The number of benzene rings is 2. The Morgan fingerprint density at radius 3 is 2.16 bits per heavy atom. The van der Waals surface area contributed by atoms with Crippen LogP contribution < -0.4 is 0 Å². The number of methoxy groups -OCH3 is 2. The van der Waals surface area contributed by atoms with Gasteiger partial charge in [-0.25, -0.2) is 0 Å². The maximum Gasteiger partial charge on any atom is 0.323 e. The second kappa shape index (κ2) is 7.63. The zero-order valence-corrected chi connectivity index (χ0v) is 18.6. The Bertz CT molecular complexity index is 1210. The minimum absolute atomic E-state index is 0.154. The molecule has 0 bridgehead atoms. The predicted molar refractivity (Wildman–Crippen MR) is 124 cm³/mol. The molecule has 2 aromatic rings. The lowest BCUT2D eigenvalue weighted by molar-refractivity contribution is -0.168. The summed E-state index contributed by atoms with van der Waals surface area (Å²) in [6.07, 6.45) is 5.78. The molecule has 0 spiro atoms. The fourth-order valence-corrected chi connectivity index (χ4v) is 5.69. The molecular weight excluding hydrogens is 400 g/mol. The average Bonchev–Trinajstić information content (AvgIpc) is 3.17. The van der Waals surface area contributed by atoms with Crippen LogP contribution in [-0.4, -0.2) is 26.2 Å². The maximum atomic E-state index is 12.8. The molecule has 4 heteroatoms. The van der Waals surface area contributed by atoms with Gasteiger partial charge < -0.3 is 9.47 Å². The molecule has 1 atom stereocenters. The van der Waals surface area contributed by atoms with Gasteiger partial charge in [0.2, 0.25) is 0 Å². The van der Waals surface area contributed by atoms with Crippen LogP contribution in [0.15, 0.2) is 77.4 Å². The largest absolute Gasteiger partial charge is 0.468 e. The van der Waals surface area contributed by atoms with Gasteiger partial charge in [-0.3, -0.25) is 9.59 Å². The lowest BCUT2D eigenvalue weighted by Crippen LogP contribution is -2.39. The van der Waals surface area contributed by atoms with Crippen molar-refractivity contribution in [2.75, 3.05) is 14.2 Å². The van der Waals surface area contributed by atoms with Gasteiger partial charge >= 0.3 is 11.9 Å². The van der Waals surface area contributed by atoms with Crippen molar-refractivity contribution in [2.24, 2.45) is 5.41 Å². The molecule has 5 rings (SSSR count). The van der Waals surface area contributed by atoms with E-state index in [1.165, 1.54) is 42.0 Å². The number of hydrogen-bond donors (Lipinski definition) is 0. The molecule has 0 amide bonds. The Labute approximate surface area is 188 Å². The molecule has 4 nitrogen and oxygen atoms in total. The number of ether oxygens (including phenoxy) is 2. The van der Waals surface area contributed by atoms with E-state index < -0.39 is 17.4 Å². The molecule has 1 unspecified atom stereocenters. The van der Waals surface area contributed by atoms with E-state index in [4.69, 9.17) is 9.47 Å². The van der Waals surface area contributed by atoms with Gasteiger partial charge in [0.1, 0.15) is 0 Å². The first kappa shape index (κ1) is 20.5. The van der Waals surface area contributed by atoms with Gasteiger partial charge in [0, 0.05) is 5.92 Å². The van der Waals surface area contributed by atoms with Crippen LogP contribution in [0.2, 0.25) is 0 Å². The van der Waals surface area contributed by atoms with E-state index in [-0.39, 0.29) is 5.92 Å². The Morgan fingerprint density at radius 1 is 0.844 bits per heavy atom. The predicted octanol–water partition coefficient (Wildman–Crippen LogP) is 5.61. The first-order valence-corrected chi connectivity index (χ1v) is 10.9. The number of fused-ring (bicyclic) bond motifs is 6. The molecule has 0 heterocycles. The first-order valence-electron chi connectivity index (χ1n) is 10.9. The second-order valence-corrected chi connectivity index (χ2v) is 8.93. The van der Waals surface area contributed by atoms with Crippen LogP contribution in [0.5, 0.6) is 0 Å². The number of esters is 2. The van der Waals surface area contributed by atoms with Gasteiger partial charge in [0.25, 0.3) is 0 Å². The van der Waals surface area contributed by atoms with Crippen molar-refractivity contribution in [1.29, 1.82) is 0 Å². The third-order valence-corrected chi connectivity index (χ3v) is 7.09. The van der Waals surface area contributed by atoms with Crippen LogP contribution >= 0.6 is 0 Å². The number of rotatable bonds is 2. The van der Waals surface area contributed by atoms with Crippen molar-refractivity contribution in [3.63, 3.8) is 0 Å². The maximum absolute atomic E-state index is 12.8. The smallest absolute Gasteiger partial charge is 0.323 e. The van der Waals surface area contributed by atoms with Gasteiger partial charge in [0.15, 0.2) is 5.41 Å². The lowest BCUT2D eigenvalue weighted by atomic mass is 9.71. The molecule has 3 aliphatic rings. The number of carbonyl (C=O) groups is 2. The first-order chi connectivity index (χ1) is 15.5. The highest BCUT2D eigenvalue weighted by atomic mass is 16.5. The molecule has 3 aliphatic carbocycles. The van der Waals surface area contributed by atoms with Crippen LogP contribution in [0.1, 0.15) is 43.2 Å². The van der Waals surface area contributed by atoms with Crippen molar-refractivity contribution in [3.05, 3.63) is 88.5 Å². The Morgan fingerprint density at radius 2 is 1.47 bits per heavy atom. The fourth-order valence-electron chi connectivity index (χ4n) is 5.69. The van der Waals surface area contributed by atoms with Gasteiger partial charge in [-0.05, 0) is 59.6 Å². The molecule has 2 aromatic carbocycles. The zero-order chi connectivity index (χ0) is 22.5. The number of allylic oxidation sites excluding steroid dienone is 6. The minimum atomic E-state index is -1.30. The van der Waals surface area contributed by atoms with E-state index in [0.717, 1.165) is 23.1 Å². The van der Waals surface area contributed by atoms with Crippen LogP contribution in [0.25, 0.3) is 16.7 Å². The Hall–Kier alpha value is -3.40. The summed E-state index contributed by atoms with van der Waals surface area (Å²) in [5, 5.41) is 0. The minimum Gasteiger partial charge on any atom is -0.468 e. The SMILES string of the molecule is COC(=O)C1(C(=O)OC)CC2=C(CC3/C(=C\C(C)=C/2)c2ccccc2-c2ccccc23)C1. The summed E-state index contributed by atoms with van der Waals surface area (Å²) in [6, 6.07) is 17.1.